The molecule has 0 aliphatic carbocycles. The van der Waals surface area contributed by atoms with Gasteiger partial charge in [-0.3, -0.25) is 0 Å². The second-order valence-electron chi connectivity index (χ2n) is 9.55. The third-order valence-electron chi connectivity index (χ3n) is 6.14. The van der Waals surface area contributed by atoms with Crippen molar-refractivity contribution in [2.24, 2.45) is 0 Å². The van der Waals surface area contributed by atoms with Crippen LogP contribution >= 0.6 is 0 Å². The third kappa shape index (κ3) is 12.9. The summed E-state index contributed by atoms with van der Waals surface area (Å²) in [6.45, 7) is 2.18. The zero-order chi connectivity index (χ0) is 31.8. The van der Waals surface area contributed by atoms with Gasteiger partial charge in [0, 0.05) is 32.6 Å². The highest BCUT2D eigenvalue weighted by Gasteiger charge is 2.26. The molecule has 0 aliphatic heterocycles. The van der Waals surface area contributed by atoms with E-state index in [9.17, 15) is 27.9 Å². The zero-order valence-corrected chi connectivity index (χ0v) is 24.3. The highest BCUT2D eigenvalue weighted by atomic mass is 19.4. The van der Waals surface area contributed by atoms with Gasteiger partial charge in [0.1, 0.15) is 29.6 Å². The van der Waals surface area contributed by atoms with Gasteiger partial charge in [0.25, 0.3) is 0 Å². The lowest BCUT2D eigenvalue weighted by Crippen LogP contribution is -2.39. The largest absolute Gasteiger partial charge is 0.492 e. The van der Waals surface area contributed by atoms with Crippen LogP contribution < -0.4 is 14.2 Å². The number of alkyl halides is 3. The summed E-state index contributed by atoms with van der Waals surface area (Å²) < 4.78 is 64.7. The van der Waals surface area contributed by atoms with Crippen LogP contribution in [-0.4, -0.2) is 73.9 Å². The highest BCUT2D eigenvalue weighted by molar-refractivity contribution is 5.72. The number of hydrogen-bond donors (Lipinski definition) is 1. The van der Waals surface area contributed by atoms with E-state index in [0.717, 1.165) is 5.56 Å². The molecule has 0 spiro atoms. The van der Waals surface area contributed by atoms with E-state index < -0.39 is 30.8 Å². The average Bonchev–Trinajstić information content (AvgIpc) is 2.99. The number of benzene rings is 3. The number of nitrogens with zero attached hydrogens (tertiary/aromatic N) is 1. The Bertz CT molecular complexity index is 1270. The summed E-state index contributed by atoms with van der Waals surface area (Å²) in [5.41, 5.74) is 0.756. The first-order valence-corrected chi connectivity index (χ1v) is 14.1. The summed E-state index contributed by atoms with van der Waals surface area (Å²) in [6, 6.07) is 22.5. The first kappa shape index (κ1) is 34.2. The number of hydrogen-bond acceptors (Lipinski definition) is 7. The molecule has 0 fully saturated rings. The van der Waals surface area contributed by atoms with Crippen LogP contribution in [0.3, 0.4) is 0 Å². The second-order valence-corrected chi connectivity index (χ2v) is 9.55. The summed E-state index contributed by atoms with van der Waals surface area (Å²) in [6.07, 6.45) is -6.81. The number of halogens is 3. The second kappa shape index (κ2) is 17.7. The molecule has 44 heavy (non-hydrogen) atoms. The van der Waals surface area contributed by atoms with Crippen molar-refractivity contribution in [1.82, 2.24) is 4.90 Å². The Hall–Kier alpha value is -4.29. The van der Waals surface area contributed by atoms with Gasteiger partial charge in [0.15, 0.2) is 6.10 Å². The van der Waals surface area contributed by atoms with Crippen molar-refractivity contribution >= 4 is 12.1 Å². The molecule has 1 atom stereocenters. The molecule has 3 aromatic rings. The van der Waals surface area contributed by atoms with Gasteiger partial charge in [-0.2, -0.15) is 13.2 Å². The number of carbonyl (C=O) groups excluding carboxylic acids is 1. The predicted molar refractivity (Wildman–Crippen MR) is 155 cm³/mol. The standard InChI is InChI=1S/C32H36F3NO8/c1-2-41-29(30(37)38)23-24-9-11-25(12-10-24)42-22-19-36(18-21-40-20-6-17-32(33,34)35)31(39)44-28-15-13-27(14-16-28)43-26-7-4-3-5-8-26/h3-5,7-16,29H,2,6,17-23H2,1H3,(H,37,38). The maximum absolute atomic E-state index is 13.0. The molecule has 0 aromatic heterocycles. The van der Waals surface area contributed by atoms with Crippen LogP contribution in [0.15, 0.2) is 78.9 Å². The Balaban J connectivity index is 1.54. The first-order chi connectivity index (χ1) is 21.1. The van der Waals surface area contributed by atoms with Crippen molar-refractivity contribution in [3.8, 4) is 23.0 Å². The molecule has 1 amide bonds. The maximum Gasteiger partial charge on any atom is 0.415 e. The van der Waals surface area contributed by atoms with E-state index >= 15 is 0 Å². The lowest BCUT2D eigenvalue weighted by molar-refractivity contribution is -0.150. The summed E-state index contributed by atoms with van der Waals surface area (Å²) >= 11 is 0. The summed E-state index contributed by atoms with van der Waals surface area (Å²) in [4.78, 5) is 25.7. The number of amides is 1. The van der Waals surface area contributed by atoms with Crippen LogP contribution in [0.1, 0.15) is 25.3 Å². The number of ether oxygens (including phenoxy) is 5. The zero-order valence-electron chi connectivity index (χ0n) is 24.3. The van der Waals surface area contributed by atoms with Crippen LogP contribution in [0.5, 0.6) is 23.0 Å². The van der Waals surface area contributed by atoms with Gasteiger partial charge in [-0.25, -0.2) is 9.59 Å². The van der Waals surface area contributed by atoms with Crippen molar-refractivity contribution in [2.75, 3.05) is 39.5 Å². The molecule has 0 saturated heterocycles. The van der Waals surface area contributed by atoms with E-state index in [1.807, 2.05) is 30.3 Å². The van der Waals surface area contributed by atoms with Gasteiger partial charge in [0.05, 0.1) is 13.2 Å². The molecule has 3 rings (SSSR count). The minimum atomic E-state index is -4.25. The molecular formula is C32H36F3NO8. The van der Waals surface area contributed by atoms with Gasteiger partial charge in [-0.1, -0.05) is 30.3 Å². The fourth-order valence-electron chi connectivity index (χ4n) is 3.94. The van der Waals surface area contributed by atoms with Crippen molar-refractivity contribution in [2.45, 2.75) is 38.5 Å². The van der Waals surface area contributed by atoms with E-state index in [0.29, 0.717) is 17.2 Å². The lowest BCUT2D eigenvalue weighted by Gasteiger charge is -2.22. The molecule has 0 heterocycles. The molecule has 1 unspecified atom stereocenters. The predicted octanol–water partition coefficient (Wildman–Crippen LogP) is 6.75. The molecule has 0 radical (unpaired) electrons. The van der Waals surface area contributed by atoms with E-state index in [4.69, 9.17) is 23.7 Å². The van der Waals surface area contributed by atoms with Gasteiger partial charge in [-0.05, 0) is 67.4 Å². The molecule has 0 aliphatic rings. The highest BCUT2D eigenvalue weighted by Crippen LogP contribution is 2.24. The topological polar surface area (TPSA) is 104 Å². The molecule has 1 N–H and O–H groups in total. The smallest absolute Gasteiger partial charge is 0.415 e. The molecule has 3 aromatic carbocycles. The van der Waals surface area contributed by atoms with Gasteiger partial charge in [-0.15, -0.1) is 0 Å². The van der Waals surface area contributed by atoms with Crippen molar-refractivity contribution in [3.63, 3.8) is 0 Å². The SMILES string of the molecule is CCOC(Cc1ccc(OCCN(CCOCCCC(F)(F)F)C(=O)Oc2ccc(Oc3ccccc3)cc2)cc1)C(=O)O. The Labute approximate surface area is 254 Å². The normalized spacial score (nSPS) is 11.9. The number of aliphatic carboxylic acids is 1. The van der Waals surface area contributed by atoms with E-state index in [1.54, 1.807) is 55.5 Å². The van der Waals surface area contributed by atoms with Gasteiger partial charge >= 0.3 is 18.2 Å². The monoisotopic (exact) mass is 619 g/mol. The van der Waals surface area contributed by atoms with Crippen LogP contribution in [0.4, 0.5) is 18.0 Å². The molecule has 9 nitrogen and oxygen atoms in total. The third-order valence-corrected chi connectivity index (χ3v) is 6.14. The van der Waals surface area contributed by atoms with Crippen LogP contribution in [0.2, 0.25) is 0 Å². The average molecular weight is 620 g/mol. The first-order valence-electron chi connectivity index (χ1n) is 14.1. The summed E-state index contributed by atoms with van der Waals surface area (Å²) in [5.74, 6) is 0.941. The Morgan fingerprint density at radius 1 is 0.818 bits per heavy atom. The van der Waals surface area contributed by atoms with Crippen LogP contribution in [0, 0.1) is 0 Å². The number of para-hydroxylation sites is 1. The van der Waals surface area contributed by atoms with Crippen molar-refractivity contribution < 1.29 is 51.6 Å². The van der Waals surface area contributed by atoms with Gasteiger partial charge < -0.3 is 33.7 Å². The van der Waals surface area contributed by atoms with Gasteiger partial charge in [0.2, 0.25) is 0 Å². The maximum atomic E-state index is 13.0. The van der Waals surface area contributed by atoms with Crippen LogP contribution in [-0.2, 0) is 20.7 Å². The number of rotatable bonds is 18. The van der Waals surface area contributed by atoms with E-state index in [2.05, 4.69) is 0 Å². The number of carboxylic acids is 1. The quantitative estimate of drug-likeness (QED) is 0.156. The fourth-order valence-corrected chi connectivity index (χ4v) is 3.94. The number of carboxylic acid groups (broad SMARTS) is 1. The van der Waals surface area contributed by atoms with E-state index in [-0.39, 0.29) is 58.1 Å². The minimum Gasteiger partial charge on any atom is -0.492 e. The molecule has 12 heteroatoms. The Kier molecular flexibility index (Phi) is 13.8. The summed E-state index contributed by atoms with van der Waals surface area (Å²) in [7, 11) is 0. The molecule has 0 saturated carbocycles. The van der Waals surface area contributed by atoms with E-state index in [1.165, 1.54) is 4.90 Å². The van der Waals surface area contributed by atoms with Crippen LogP contribution in [0.25, 0.3) is 0 Å². The Morgan fingerprint density at radius 2 is 1.43 bits per heavy atom. The Morgan fingerprint density at radius 3 is 2.07 bits per heavy atom. The molecule has 0 bridgehead atoms. The molecule has 238 valence electrons. The molecular weight excluding hydrogens is 583 g/mol. The lowest BCUT2D eigenvalue weighted by atomic mass is 10.1. The van der Waals surface area contributed by atoms with Crippen molar-refractivity contribution in [1.29, 1.82) is 0 Å². The fraction of sp³-hybridized carbons (Fsp3) is 0.375. The number of carbonyl (C=O) groups is 2. The van der Waals surface area contributed by atoms with Crippen molar-refractivity contribution in [3.05, 3.63) is 84.4 Å². The summed E-state index contributed by atoms with van der Waals surface area (Å²) in [5, 5.41) is 9.28. The minimum absolute atomic E-state index is 0.0100.